The van der Waals surface area contributed by atoms with E-state index in [0.29, 0.717) is 29.2 Å². The molecule has 0 atom stereocenters. The number of hydrogen-bond donors (Lipinski definition) is 0. The smallest absolute Gasteiger partial charge is 0.201 e. The molecule has 31 heavy (non-hydrogen) atoms. The zero-order valence-electron chi connectivity index (χ0n) is 17.7. The van der Waals surface area contributed by atoms with Crippen LogP contribution in [0.5, 0.6) is 5.75 Å². The van der Waals surface area contributed by atoms with E-state index in [1.165, 1.54) is 6.07 Å². The van der Waals surface area contributed by atoms with Crippen molar-refractivity contribution >= 4 is 17.2 Å². The highest BCUT2D eigenvalue weighted by Crippen LogP contribution is 2.36. The SMILES string of the molecule is Cc1nn(C)c(C)c1CCOc1c(-c2ccc3c(c2)c(C=O)nn3C)ccc(F)c1F. The summed E-state index contributed by atoms with van der Waals surface area (Å²) in [5, 5.41) is 9.18. The fourth-order valence-corrected chi connectivity index (χ4v) is 3.88. The maximum atomic E-state index is 14.7. The third kappa shape index (κ3) is 3.58. The van der Waals surface area contributed by atoms with Gasteiger partial charge in [0, 0.05) is 37.2 Å². The van der Waals surface area contributed by atoms with E-state index < -0.39 is 11.6 Å². The summed E-state index contributed by atoms with van der Waals surface area (Å²) in [5.41, 5.74) is 4.96. The average Bonchev–Trinajstić information content (AvgIpc) is 3.20. The maximum absolute atomic E-state index is 14.7. The third-order valence-corrected chi connectivity index (χ3v) is 5.61. The average molecular weight is 424 g/mol. The molecule has 0 spiro atoms. The minimum atomic E-state index is -1.04. The summed E-state index contributed by atoms with van der Waals surface area (Å²) in [6.45, 7) is 4.02. The molecule has 4 aromatic rings. The van der Waals surface area contributed by atoms with Crippen LogP contribution in [0.15, 0.2) is 30.3 Å². The van der Waals surface area contributed by atoms with Gasteiger partial charge in [-0.1, -0.05) is 6.07 Å². The summed E-state index contributed by atoms with van der Waals surface area (Å²) in [5.74, 6) is -2.18. The summed E-state index contributed by atoms with van der Waals surface area (Å²) in [6.07, 6.45) is 1.19. The predicted octanol–water partition coefficient (Wildman–Crippen LogP) is 4.30. The van der Waals surface area contributed by atoms with Gasteiger partial charge in [-0.25, -0.2) is 4.39 Å². The molecule has 2 heterocycles. The van der Waals surface area contributed by atoms with Crippen LogP contribution in [0.1, 0.15) is 27.4 Å². The lowest BCUT2D eigenvalue weighted by Gasteiger charge is -2.14. The fraction of sp³-hybridized carbons (Fsp3) is 0.261. The lowest BCUT2D eigenvalue weighted by atomic mass is 10.0. The number of rotatable bonds is 6. The van der Waals surface area contributed by atoms with Gasteiger partial charge < -0.3 is 4.74 Å². The molecule has 0 amide bonds. The summed E-state index contributed by atoms with van der Waals surface area (Å²) in [6, 6.07) is 7.85. The molecule has 0 aliphatic rings. The monoisotopic (exact) mass is 424 g/mol. The lowest BCUT2D eigenvalue weighted by Crippen LogP contribution is -2.06. The molecular weight excluding hydrogens is 402 g/mol. The van der Waals surface area contributed by atoms with E-state index in [0.717, 1.165) is 28.5 Å². The first-order chi connectivity index (χ1) is 14.8. The van der Waals surface area contributed by atoms with Crippen LogP contribution in [0.2, 0.25) is 0 Å². The highest BCUT2D eigenvalue weighted by molar-refractivity contribution is 5.97. The van der Waals surface area contributed by atoms with Gasteiger partial charge in [0.15, 0.2) is 17.9 Å². The van der Waals surface area contributed by atoms with Gasteiger partial charge in [-0.2, -0.15) is 14.6 Å². The minimum Gasteiger partial charge on any atom is -0.489 e. The zero-order chi connectivity index (χ0) is 22.3. The van der Waals surface area contributed by atoms with Crippen molar-refractivity contribution in [2.75, 3.05) is 6.61 Å². The normalized spacial score (nSPS) is 11.3. The van der Waals surface area contributed by atoms with E-state index >= 15 is 0 Å². The first-order valence-electron chi connectivity index (χ1n) is 9.84. The molecule has 0 saturated carbocycles. The largest absolute Gasteiger partial charge is 0.489 e. The molecule has 0 saturated heterocycles. The topological polar surface area (TPSA) is 61.9 Å². The van der Waals surface area contributed by atoms with Crippen LogP contribution < -0.4 is 4.74 Å². The summed E-state index contributed by atoms with van der Waals surface area (Å²) in [4.78, 5) is 11.4. The highest BCUT2D eigenvalue weighted by Gasteiger charge is 2.19. The van der Waals surface area contributed by atoms with E-state index in [1.54, 1.807) is 34.6 Å². The number of benzene rings is 2. The maximum Gasteiger partial charge on any atom is 0.201 e. The molecule has 0 aliphatic heterocycles. The molecule has 0 N–H and O–H groups in total. The van der Waals surface area contributed by atoms with Crippen LogP contribution in [0.4, 0.5) is 8.78 Å². The van der Waals surface area contributed by atoms with Crippen molar-refractivity contribution in [2.24, 2.45) is 14.1 Å². The molecule has 0 bridgehead atoms. The van der Waals surface area contributed by atoms with Crippen LogP contribution in [0.25, 0.3) is 22.0 Å². The van der Waals surface area contributed by atoms with Gasteiger partial charge >= 0.3 is 0 Å². The Balaban J connectivity index is 1.70. The Morgan fingerprint density at radius 1 is 1.06 bits per heavy atom. The molecule has 160 valence electrons. The number of aromatic nitrogens is 4. The molecular formula is C23H22F2N4O2. The number of fused-ring (bicyclic) bond motifs is 1. The Bertz CT molecular complexity index is 1310. The van der Waals surface area contributed by atoms with Crippen LogP contribution >= 0.6 is 0 Å². The first-order valence-corrected chi connectivity index (χ1v) is 9.84. The van der Waals surface area contributed by atoms with Gasteiger partial charge in [0.2, 0.25) is 5.82 Å². The number of hydrogen-bond acceptors (Lipinski definition) is 4. The van der Waals surface area contributed by atoms with Crippen LogP contribution in [0.3, 0.4) is 0 Å². The van der Waals surface area contributed by atoms with Crippen molar-refractivity contribution in [3.05, 3.63) is 64.6 Å². The van der Waals surface area contributed by atoms with E-state index in [-0.39, 0.29) is 18.1 Å². The molecule has 0 unspecified atom stereocenters. The number of halogens is 2. The standard InChI is InChI=1S/C23H22F2N4O2/c1-13-16(14(2)28(3)26-13)9-10-31-23-17(6-7-19(24)22(23)25)15-5-8-21-18(11-15)20(12-30)27-29(21)4/h5-8,11-12H,9-10H2,1-4H3. The second-order valence-corrected chi connectivity index (χ2v) is 7.47. The van der Waals surface area contributed by atoms with Gasteiger partial charge in [-0.05, 0) is 49.2 Å². The Morgan fingerprint density at radius 2 is 1.84 bits per heavy atom. The number of aldehydes is 1. The van der Waals surface area contributed by atoms with Gasteiger partial charge in [0.1, 0.15) is 5.69 Å². The molecule has 0 aliphatic carbocycles. The van der Waals surface area contributed by atoms with E-state index in [1.807, 2.05) is 20.9 Å². The number of carbonyl (C=O) groups excluding carboxylic acids is 1. The van der Waals surface area contributed by atoms with Gasteiger partial charge in [0.25, 0.3) is 0 Å². The van der Waals surface area contributed by atoms with Crippen molar-refractivity contribution in [1.29, 1.82) is 0 Å². The van der Waals surface area contributed by atoms with Crippen molar-refractivity contribution in [3.8, 4) is 16.9 Å². The first kappa shape index (κ1) is 20.7. The van der Waals surface area contributed by atoms with E-state index in [2.05, 4.69) is 10.2 Å². The number of ether oxygens (including phenoxy) is 1. The Labute approximate surface area is 178 Å². The highest BCUT2D eigenvalue weighted by atomic mass is 19.2. The van der Waals surface area contributed by atoms with E-state index in [4.69, 9.17) is 4.74 Å². The van der Waals surface area contributed by atoms with Crippen molar-refractivity contribution in [2.45, 2.75) is 20.3 Å². The second-order valence-electron chi connectivity index (χ2n) is 7.47. The molecule has 4 rings (SSSR count). The van der Waals surface area contributed by atoms with Crippen molar-refractivity contribution < 1.29 is 18.3 Å². The third-order valence-electron chi connectivity index (χ3n) is 5.61. The van der Waals surface area contributed by atoms with Crippen LogP contribution in [-0.4, -0.2) is 32.5 Å². The molecule has 6 nitrogen and oxygen atoms in total. The van der Waals surface area contributed by atoms with Crippen molar-refractivity contribution in [1.82, 2.24) is 19.6 Å². The molecule has 8 heteroatoms. The molecule has 0 radical (unpaired) electrons. The van der Waals surface area contributed by atoms with Gasteiger partial charge in [-0.3, -0.25) is 14.2 Å². The molecule has 0 fully saturated rings. The minimum absolute atomic E-state index is 0.157. The van der Waals surface area contributed by atoms with Crippen molar-refractivity contribution in [3.63, 3.8) is 0 Å². The zero-order valence-corrected chi connectivity index (χ0v) is 17.7. The van der Waals surface area contributed by atoms with Crippen LogP contribution in [0, 0.1) is 25.5 Å². The number of aryl methyl sites for hydroxylation is 3. The summed E-state index contributed by atoms with van der Waals surface area (Å²) < 4.78 is 37.9. The number of carbonyl (C=O) groups is 1. The fourth-order valence-electron chi connectivity index (χ4n) is 3.88. The summed E-state index contributed by atoms with van der Waals surface area (Å²) >= 11 is 0. The van der Waals surface area contributed by atoms with Gasteiger partial charge in [-0.15, -0.1) is 0 Å². The lowest BCUT2D eigenvalue weighted by molar-refractivity contribution is 0.111. The molecule has 2 aromatic carbocycles. The van der Waals surface area contributed by atoms with Crippen LogP contribution in [-0.2, 0) is 20.5 Å². The Kier molecular flexibility index (Phi) is 5.31. The molecule has 2 aromatic heterocycles. The number of nitrogens with zero attached hydrogens (tertiary/aromatic N) is 4. The predicted molar refractivity (Wildman–Crippen MR) is 113 cm³/mol. The summed E-state index contributed by atoms with van der Waals surface area (Å²) in [7, 11) is 3.60. The Morgan fingerprint density at radius 3 is 2.52 bits per heavy atom. The van der Waals surface area contributed by atoms with Gasteiger partial charge in [0.05, 0.1) is 17.8 Å². The Hall–Kier alpha value is -3.55. The van der Waals surface area contributed by atoms with E-state index in [9.17, 15) is 13.6 Å². The quantitative estimate of drug-likeness (QED) is 0.433. The second kappa shape index (κ2) is 7.94.